The highest BCUT2D eigenvalue weighted by Crippen LogP contribution is 2.42. The van der Waals surface area contributed by atoms with Crippen molar-refractivity contribution in [2.75, 3.05) is 24.7 Å². The predicted molar refractivity (Wildman–Crippen MR) is 133 cm³/mol. The first-order chi connectivity index (χ1) is 16.6. The second kappa shape index (κ2) is 9.65. The largest absolute Gasteiger partial charge is 0.486 e. The maximum atomic E-state index is 13.4. The number of carbonyl (C=O) groups excluding carboxylic acids is 2. The van der Waals surface area contributed by atoms with Crippen molar-refractivity contribution in [3.8, 4) is 11.5 Å². The summed E-state index contributed by atoms with van der Waals surface area (Å²) < 4.78 is 11.2. The van der Waals surface area contributed by atoms with Gasteiger partial charge in [0.1, 0.15) is 19.8 Å². The van der Waals surface area contributed by atoms with E-state index >= 15 is 0 Å². The third-order valence-electron chi connectivity index (χ3n) is 5.67. The molecule has 0 spiro atoms. The highest BCUT2D eigenvalue weighted by Gasteiger charge is 2.30. The molecule has 0 radical (unpaired) electrons. The summed E-state index contributed by atoms with van der Waals surface area (Å²) in [5.74, 6) is 0.961. The zero-order valence-corrected chi connectivity index (χ0v) is 19.5. The average molecular weight is 473 g/mol. The molecule has 1 atom stereocenters. The van der Waals surface area contributed by atoms with Crippen molar-refractivity contribution in [3.05, 3.63) is 88.8 Å². The lowest BCUT2D eigenvalue weighted by molar-refractivity contribution is -0.122. The first-order valence-electron chi connectivity index (χ1n) is 11.1. The van der Waals surface area contributed by atoms with E-state index in [1.807, 2.05) is 85.8 Å². The van der Waals surface area contributed by atoms with Gasteiger partial charge in [-0.2, -0.15) is 0 Å². The number of nitrogens with zero attached hydrogens (tertiary/aromatic N) is 1. The number of fused-ring (bicyclic) bond motifs is 2. The maximum absolute atomic E-state index is 13.4. The fourth-order valence-electron chi connectivity index (χ4n) is 3.96. The van der Waals surface area contributed by atoms with Crippen LogP contribution in [0.3, 0.4) is 0 Å². The van der Waals surface area contributed by atoms with Gasteiger partial charge in [-0.05, 0) is 48.4 Å². The minimum absolute atomic E-state index is 0.0720. The molecule has 6 nitrogen and oxygen atoms in total. The van der Waals surface area contributed by atoms with Gasteiger partial charge >= 0.3 is 0 Å². The lowest BCUT2D eigenvalue weighted by Crippen LogP contribution is -2.43. The van der Waals surface area contributed by atoms with E-state index in [0.29, 0.717) is 29.6 Å². The number of benzene rings is 3. The Morgan fingerprint density at radius 1 is 1.03 bits per heavy atom. The Morgan fingerprint density at radius 3 is 2.59 bits per heavy atom. The molecule has 2 aliphatic rings. The minimum atomic E-state index is -0.257. The number of carbonyl (C=O) groups is 2. The van der Waals surface area contributed by atoms with Crippen molar-refractivity contribution in [3.63, 3.8) is 0 Å². The van der Waals surface area contributed by atoms with Crippen LogP contribution in [-0.2, 0) is 9.59 Å². The molecule has 5 rings (SSSR count). The summed E-state index contributed by atoms with van der Waals surface area (Å²) >= 11 is 1.43. The smallest absolute Gasteiger partial charge is 0.265 e. The summed E-state index contributed by atoms with van der Waals surface area (Å²) in [6.07, 6.45) is 1.87. The summed E-state index contributed by atoms with van der Waals surface area (Å²) in [5.41, 5.74) is 2.59. The van der Waals surface area contributed by atoms with Gasteiger partial charge in [0, 0.05) is 4.90 Å². The van der Waals surface area contributed by atoms with Crippen molar-refractivity contribution >= 4 is 35.3 Å². The van der Waals surface area contributed by atoms with Gasteiger partial charge in [0.05, 0.1) is 16.6 Å². The topological polar surface area (TPSA) is 67.9 Å². The quantitative estimate of drug-likeness (QED) is 0.540. The van der Waals surface area contributed by atoms with Crippen LogP contribution in [0.25, 0.3) is 6.08 Å². The number of hydrogen-bond donors (Lipinski definition) is 1. The van der Waals surface area contributed by atoms with Crippen LogP contribution in [0.5, 0.6) is 11.5 Å². The molecule has 3 aromatic carbocycles. The van der Waals surface area contributed by atoms with E-state index in [1.165, 1.54) is 11.8 Å². The third-order valence-corrected chi connectivity index (χ3v) is 6.75. The maximum Gasteiger partial charge on any atom is 0.265 e. The number of thioether (sulfide) groups is 1. The Balaban J connectivity index is 1.34. The van der Waals surface area contributed by atoms with E-state index in [-0.39, 0.29) is 24.4 Å². The molecule has 1 unspecified atom stereocenters. The fourth-order valence-corrected chi connectivity index (χ4v) is 5.02. The zero-order chi connectivity index (χ0) is 23.5. The van der Waals surface area contributed by atoms with Crippen LogP contribution in [0.4, 0.5) is 5.69 Å². The van der Waals surface area contributed by atoms with Crippen LogP contribution in [0.2, 0.25) is 0 Å². The Labute approximate surface area is 202 Å². The van der Waals surface area contributed by atoms with Gasteiger partial charge in [0.2, 0.25) is 5.91 Å². The Kier molecular flexibility index (Phi) is 6.27. The molecule has 1 N–H and O–H groups in total. The van der Waals surface area contributed by atoms with Crippen molar-refractivity contribution in [2.24, 2.45) is 0 Å². The van der Waals surface area contributed by atoms with Crippen LogP contribution in [-0.4, -0.2) is 31.6 Å². The standard InChI is InChI=1S/C27H24N2O4S/c1-18(20-11-12-22-23(16-20)33-14-13-32-22)28-26(30)17-29-21-9-5-6-10-24(21)34-25(27(29)31)15-19-7-3-2-4-8-19/h2-12,15-16,18H,13-14,17H2,1H3,(H,28,30)/b25-15-. The molecule has 0 fully saturated rings. The number of rotatable bonds is 5. The van der Waals surface area contributed by atoms with E-state index in [1.54, 1.807) is 4.90 Å². The highest BCUT2D eigenvalue weighted by molar-refractivity contribution is 8.04. The molecule has 172 valence electrons. The highest BCUT2D eigenvalue weighted by atomic mass is 32.2. The number of amides is 2. The summed E-state index contributed by atoms with van der Waals surface area (Å²) in [4.78, 5) is 29.5. The van der Waals surface area contributed by atoms with Gasteiger partial charge in [-0.3, -0.25) is 14.5 Å². The van der Waals surface area contributed by atoms with Crippen molar-refractivity contribution in [1.29, 1.82) is 0 Å². The van der Waals surface area contributed by atoms with Crippen LogP contribution in [0, 0.1) is 0 Å². The molecule has 0 aliphatic carbocycles. The zero-order valence-electron chi connectivity index (χ0n) is 18.7. The van der Waals surface area contributed by atoms with E-state index in [2.05, 4.69) is 5.32 Å². The summed E-state index contributed by atoms with van der Waals surface area (Å²) in [5, 5.41) is 3.01. The van der Waals surface area contributed by atoms with Gasteiger partial charge < -0.3 is 14.8 Å². The van der Waals surface area contributed by atoms with Crippen molar-refractivity contribution in [1.82, 2.24) is 5.32 Å². The summed E-state index contributed by atoms with van der Waals surface area (Å²) in [6, 6.07) is 22.8. The molecular formula is C27H24N2O4S. The predicted octanol–water partition coefficient (Wildman–Crippen LogP) is 4.82. The van der Waals surface area contributed by atoms with Gasteiger partial charge in [-0.15, -0.1) is 0 Å². The van der Waals surface area contributed by atoms with E-state index in [4.69, 9.17) is 9.47 Å². The molecular weight excluding hydrogens is 448 g/mol. The first kappa shape index (κ1) is 22.1. The summed E-state index contributed by atoms with van der Waals surface area (Å²) in [6.45, 7) is 2.87. The summed E-state index contributed by atoms with van der Waals surface area (Å²) in [7, 11) is 0. The number of hydrogen-bond acceptors (Lipinski definition) is 5. The van der Waals surface area contributed by atoms with Crippen molar-refractivity contribution < 1.29 is 19.1 Å². The monoisotopic (exact) mass is 472 g/mol. The fraction of sp³-hybridized carbons (Fsp3) is 0.185. The SMILES string of the molecule is CC(NC(=O)CN1C(=O)/C(=C/c2ccccc2)Sc2ccccc21)c1ccc2c(c1)OCCO2. The Hall–Kier alpha value is -3.71. The molecule has 2 heterocycles. The molecule has 0 bridgehead atoms. The minimum Gasteiger partial charge on any atom is -0.486 e. The molecule has 3 aromatic rings. The van der Waals surface area contributed by atoms with E-state index in [9.17, 15) is 9.59 Å². The number of ether oxygens (including phenoxy) is 2. The lowest BCUT2D eigenvalue weighted by atomic mass is 10.1. The van der Waals surface area contributed by atoms with Gasteiger partial charge in [0.25, 0.3) is 5.91 Å². The van der Waals surface area contributed by atoms with Crippen LogP contribution in [0.15, 0.2) is 82.6 Å². The Morgan fingerprint density at radius 2 is 1.76 bits per heavy atom. The van der Waals surface area contributed by atoms with E-state index in [0.717, 1.165) is 21.7 Å². The second-order valence-electron chi connectivity index (χ2n) is 8.07. The van der Waals surface area contributed by atoms with Crippen LogP contribution >= 0.6 is 11.8 Å². The normalized spacial score (nSPS) is 16.7. The third kappa shape index (κ3) is 4.65. The number of para-hydroxylation sites is 1. The number of anilines is 1. The van der Waals surface area contributed by atoms with Crippen LogP contribution in [0.1, 0.15) is 24.1 Å². The molecule has 0 saturated carbocycles. The molecule has 2 amide bonds. The number of nitrogens with one attached hydrogen (secondary N) is 1. The molecule has 7 heteroatoms. The van der Waals surface area contributed by atoms with Crippen molar-refractivity contribution in [2.45, 2.75) is 17.9 Å². The Bertz CT molecular complexity index is 1260. The van der Waals surface area contributed by atoms with Gasteiger partial charge in [-0.25, -0.2) is 0 Å². The second-order valence-corrected chi connectivity index (χ2v) is 9.16. The molecule has 0 saturated heterocycles. The average Bonchev–Trinajstić information content (AvgIpc) is 2.87. The van der Waals surface area contributed by atoms with E-state index < -0.39 is 0 Å². The van der Waals surface area contributed by atoms with Gasteiger partial charge in [0.15, 0.2) is 11.5 Å². The first-order valence-corrected chi connectivity index (χ1v) is 11.9. The van der Waals surface area contributed by atoms with Crippen LogP contribution < -0.4 is 19.7 Å². The molecule has 0 aromatic heterocycles. The van der Waals surface area contributed by atoms with Gasteiger partial charge in [-0.1, -0.05) is 60.3 Å². The molecule has 34 heavy (non-hydrogen) atoms. The lowest BCUT2D eigenvalue weighted by Gasteiger charge is -2.30. The molecule has 2 aliphatic heterocycles.